The van der Waals surface area contributed by atoms with Crippen molar-refractivity contribution in [3.05, 3.63) is 64.0 Å². The molecule has 0 spiro atoms. The number of pyridine rings is 2. The van der Waals surface area contributed by atoms with Crippen molar-refractivity contribution in [3.63, 3.8) is 0 Å². The molecule has 0 saturated carbocycles. The smallest absolute Gasteiger partial charge is 0.267 e. The van der Waals surface area contributed by atoms with Crippen LogP contribution in [0.25, 0.3) is 16.7 Å². The van der Waals surface area contributed by atoms with Crippen molar-refractivity contribution in [1.29, 1.82) is 5.41 Å². The van der Waals surface area contributed by atoms with Gasteiger partial charge in [-0.1, -0.05) is 24.4 Å². The van der Waals surface area contributed by atoms with E-state index < -0.39 is 0 Å². The molecule has 116 valence electrons. The SMILES string of the molecule is C=CCn1c(=N)c(C(N)=S)cc2c(=O)n3cccc(C)c3nc21. The number of hydrogen-bond acceptors (Lipinski definition) is 4. The average Bonchev–Trinajstić information content (AvgIpc) is 2.51. The van der Waals surface area contributed by atoms with Crippen LogP contribution >= 0.6 is 12.2 Å². The van der Waals surface area contributed by atoms with Crippen LogP contribution < -0.4 is 16.8 Å². The molecular formula is C16H15N5OS. The monoisotopic (exact) mass is 325 g/mol. The molecule has 3 N–H and O–H groups in total. The Hall–Kier alpha value is -2.80. The molecule has 0 unspecified atom stereocenters. The lowest BCUT2D eigenvalue weighted by atomic mass is 10.2. The highest BCUT2D eigenvalue weighted by atomic mass is 32.1. The third kappa shape index (κ3) is 2.25. The number of allylic oxidation sites excluding steroid dienone is 1. The lowest BCUT2D eigenvalue weighted by Crippen LogP contribution is -2.31. The second kappa shape index (κ2) is 5.44. The Morgan fingerprint density at radius 1 is 1.52 bits per heavy atom. The molecular weight excluding hydrogens is 310 g/mol. The predicted octanol–water partition coefficient (Wildman–Crippen LogP) is 1.26. The minimum atomic E-state index is -0.219. The normalized spacial score (nSPS) is 11.0. The topological polar surface area (TPSA) is 89.2 Å². The van der Waals surface area contributed by atoms with Crippen molar-refractivity contribution in [2.75, 3.05) is 0 Å². The van der Waals surface area contributed by atoms with Gasteiger partial charge in [0.25, 0.3) is 5.56 Å². The molecule has 0 aromatic carbocycles. The van der Waals surface area contributed by atoms with Gasteiger partial charge in [-0.05, 0) is 24.6 Å². The van der Waals surface area contributed by atoms with Crippen LogP contribution in [-0.4, -0.2) is 18.9 Å². The van der Waals surface area contributed by atoms with E-state index in [9.17, 15) is 4.79 Å². The first-order chi connectivity index (χ1) is 11.0. The van der Waals surface area contributed by atoms with E-state index >= 15 is 0 Å². The fourth-order valence-electron chi connectivity index (χ4n) is 2.59. The van der Waals surface area contributed by atoms with Crippen LogP contribution in [0.3, 0.4) is 0 Å². The molecule has 0 radical (unpaired) electrons. The molecule has 3 heterocycles. The summed E-state index contributed by atoms with van der Waals surface area (Å²) in [6.45, 7) is 5.92. The number of rotatable bonds is 3. The van der Waals surface area contributed by atoms with Gasteiger partial charge in [-0.15, -0.1) is 6.58 Å². The Morgan fingerprint density at radius 3 is 2.91 bits per heavy atom. The van der Waals surface area contributed by atoms with Crippen molar-refractivity contribution in [2.45, 2.75) is 13.5 Å². The molecule has 0 amide bonds. The first kappa shape index (κ1) is 15.1. The quantitative estimate of drug-likeness (QED) is 0.431. The third-order valence-electron chi connectivity index (χ3n) is 3.71. The van der Waals surface area contributed by atoms with Crippen LogP contribution in [0, 0.1) is 12.3 Å². The van der Waals surface area contributed by atoms with Gasteiger partial charge in [0.1, 0.15) is 21.8 Å². The van der Waals surface area contributed by atoms with E-state index in [0.29, 0.717) is 28.8 Å². The lowest BCUT2D eigenvalue weighted by molar-refractivity contribution is 0.768. The summed E-state index contributed by atoms with van der Waals surface area (Å²) in [4.78, 5) is 17.5. The Labute approximate surface area is 137 Å². The molecule has 0 saturated heterocycles. The number of nitrogens with two attached hydrogens (primary N) is 1. The highest BCUT2D eigenvalue weighted by molar-refractivity contribution is 7.80. The van der Waals surface area contributed by atoms with Gasteiger partial charge in [0.15, 0.2) is 0 Å². The van der Waals surface area contributed by atoms with E-state index in [2.05, 4.69) is 11.6 Å². The molecule has 0 fully saturated rings. The summed E-state index contributed by atoms with van der Waals surface area (Å²) in [6, 6.07) is 5.22. The zero-order chi connectivity index (χ0) is 16.7. The van der Waals surface area contributed by atoms with E-state index in [4.69, 9.17) is 23.4 Å². The van der Waals surface area contributed by atoms with Gasteiger partial charge in [-0.2, -0.15) is 0 Å². The van der Waals surface area contributed by atoms with Crippen LogP contribution in [0.5, 0.6) is 0 Å². The fraction of sp³-hybridized carbons (Fsp3) is 0.125. The maximum absolute atomic E-state index is 12.8. The van der Waals surface area contributed by atoms with Crippen LogP contribution in [0.2, 0.25) is 0 Å². The summed E-state index contributed by atoms with van der Waals surface area (Å²) in [5.74, 6) is 0. The summed E-state index contributed by atoms with van der Waals surface area (Å²) in [6.07, 6.45) is 3.31. The summed E-state index contributed by atoms with van der Waals surface area (Å²) in [7, 11) is 0. The highest BCUT2D eigenvalue weighted by Crippen LogP contribution is 2.12. The Kier molecular flexibility index (Phi) is 3.57. The number of aromatic nitrogens is 3. The summed E-state index contributed by atoms with van der Waals surface area (Å²) < 4.78 is 3.08. The maximum atomic E-state index is 12.8. The van der Waals surface area contributed by atoms with E-state index in [-0.39, 0.29) is 16.0 Å². The minimum Gasteiger partial charge on any atom is -0.389 e. The van der Waals surface area contributed by atoms with Gasteiger partial charge in [0.05, 0.1) is 10.9 Å². The second-order valence-electron chi connectivity index (χ2n) is 5.21. The van der Waals surface area contributed by atoms with Crippen molar-refractivity contribution in [3.8, 4) is 0 Å². The Morgan fingerprint density at radius 2 is 2.26 bits per heavy atom. The van der Waals surface area contributed by atoms with Crippen molar-refractivity contribution >= 4 is 33.9 Å². The van der Waals surface area contributed by atoms with Crippen molar-refractivity contribution < 1.29 is 0 Å². The van der Waals surface area contributed by atoms with Gasteiger partial charge in [0, 0.05) is 12.7 Å². The zero-order valence-corrected chi connectivity index (χ0v) is 13.4. The van der Waals surface area contributed by atoms with Gasteiger partial charge in [-0.3, -0.25) is 14.6 Å². The number of nitrogens with zero attached hydrogens (tertiary/aromatic N) is 3. The molecule has 0 aliphatic rings. The van der Waals surface area contributed by atoms with Crippen molar-refractivity contribution in [1.82, 2.24) is 14.0 Å². The zero-order valence-electron chi connectivity index (χ0n) is 12.5. The van der Waals surface area contributed by atoms with Crippen LogP contribution in [-0.2, 0) is 6.54 Å². The van der Waals surface area contributed by atoms with E-state index in [1.54, 1.807) is 29.0 Å². The van der Waals surface area contributed by atoms with Gasteiger partial charge >= 0.3 is 0 Å². The van der Waals surface area contributed by atoms with E-state index in [0.717, 1.165) is 5.56 Å². The second-order valence-corrected chi connectivity index (χ2v) is 5.65. The molecule has 0 aliphatic carbocycles. The van der Waals surface area contributed by atoms with E-state index in [1.807, 2.05) is 13.0 Å². The van der Waals surface area contributed by atoms with Crippen LogP contribution in [0.4, 0.5) is 0 Å². The number of thiocarbonyl (C=S) groups is 1. The lowest BCUT2D eigenvalue weighted by Gasteiger charge is -2.13. The molecule has 3 aromatic rings. The Balaban J connectivity index is 2.63. The number of hydrogen-bond donors (Lipinski definition) is 2. The molecule has 3 rings (SSSR count). The fourth-order valence-corrected chi connectivity index (χ4v) is 2.75. The highest BCUT2D eigenvalue weighted by Gasteiger charge is 2.14. The molecule has 0 atom stereocenters. The largest absolute Gasteiger partial charge is 0.389 e. The molecule has 0 bridgehead atoms. The molecule has 3 aromatic heterocycles. The van der Waals surface area contributed by atoms with Crippen molar-refractivity contribution in [2.24, 2.45) is 5.73 Å². The van der Waals surface area contributed by atoms with Gasteiger partial charge < -0.3 is 10.3 Å². The standard InChI is InChI=1S/C16H15N5OS/c1-3-6-20-12(17)10(13(18)23)8-11-15(20)19-14-9(2)5-4-7-21(14)16(11)22/h3-5,7-8,17H,1,6H2,2H3,(H2,18,23). The van der Waals surface area contributed by atoms with Crippen LogP contribution in [0.1, 0.15) is 11.1 Å². The first-order valence-electron chi connectivity index (χ1n) is 6.96. The van der Waals surface area contributed by atoms with Crippen LogP contribution in [0.15, 0.2) is 41.8 Å². The molecule has 7 heteroatoms. The number of aryl methyl sites for hydroxylation is 1. The maximum Gasteiger partial charge on any atom is 0.267 e. The summed E-state index contributed by atoms with van der Waals surface area (Å²) in [5.41, 5.74) is 7.81. The average molecular weight is 325 g/mol. The summed E-state index contributed by atoms with van der Waals surface area (Å²) in [5, 5.41) is 8.66. The Bertz CT molecular complexity index is 1090. The molecule has 6 nitrogen and oxygen atoms in total. The number of fused-ring (bicyclic) bond motifs is 2. The third-order valence-corrected chi connectivity index (χ3v) is 3.93. The molecule has 0 aliphatic heterocycles. The summed E-state index contributed by atoms with van der Waals surface area (Å²) >= 11 is 5.01. The molecule has 23 heavy (non-hydrogen) atoms. The van der Waals surface area contributed by atoms with E-state index in [1.165, 1.54) is 4.40 Å². The predicted molar refractivity (Wildman–Crippen MR) is 93.6 cm³/mol. The minimum absolute atomic E-state index is 0.0726. The first-order valence-corrected chi connectivity index (χ1v) is 7.37. The van der Waals surface area contributed by atoms with Gasteiger partial charge in [-0.25, -0.2) is 4.98 Å². The number of nitrogens with one attached hydrogen (secondary N) is 1. The van der Waals surface area contributed by atoms with Gasteiger partial charge in [0.2, 0.25) is 0 Å².